The van der Waals surface area contributed by atoms with Crippen molar-refractivity contribution >= 4 is 34.1 Å². The minimum atomic E-state index is -0.913. The van der Waals surface area contributed by atoms with E-state index in [1.165, 1.54) is 17.4 Å². The third kappa shape index (κ3) is 5.57. The summed E-state index contributed by atoms with van der Waals surface area (Å²) in [6, 6.07) is 12.4. The minimum Gasteiger partial charge on any atom is -0.357 e. The predicted octanol–water partition coefficient (Wildman–Crippen LogP) is 7.55. The summed E-state index contributed by atoms with van der Waals surface area (Å²) in [6.45, 7) is 0.416. The molecule has 0 unspecified atom stereocenters. The maximum Gasteiger partial charge on any atom is 0.184 e. The zero-order valence-electron chi connectivity index (χ0n) is 18.9. The van der Waals surface area contributed by atoms with Crippen molar-refractivity contribution in [3.63, 3.8) is 0 Å². The molecular weight excluding hydrogens is 522 g/mol. The number of benzene rings is 2. The van der Waals surface area contributed by atoms with E-state index >= 15 is 8.78 Å². The second kappa shape index (κ2) is 11.0. The Kier molecular flexibility index (Phi) is 7.33. The molecule has 0 fully saturated rings. The van der Waals surface area contributed by atoms with Gasteiger partial charge in [0.15, 0.2) is 10.9 Å². The molecule has 0 radical (unpaired) electrons. The molecule has 0 amide bonds. The Hall–Kier alpha value is -3.96. The summed E-state index contributed by atoms with van der Waals surface area (Å²) in [5, 5.41) is 3.64. The summed E-state index contributed by atoms with van der Waals surface area (Å²) in [4.78, 5) is 13.1. The Morgan fingerprint density at radius 3 is 2.46 bits per heavy atom. The van der Waals surface area contributed by atoms with Crippen LogP contribution in [-0.4, -0.2) is 15.0 Å². The first-order chi connectivity index (χ1) is 18.0. The van der Waals surface area contributed by atoms with Crippen molar-refractivity contribution in [2.24, 2.45) is 0 Å². The average molecular weight is 540 g/mol. The van der Waals surface area contributed by atoms with E-state index in [-0.39, 0.29) is 21.8 Å². The number of hydrogen-bond acceptors (Lipinski definition) is 7. The van der Waals surface area contributed by atoms with Crippen molar-refractivity contribution < 1.29 is 17.6 Å². The first kappa shape index (κ1) is 24.7. The Bertz CT molecular complexity index is 1530. The summed E-state index contributed by atoms with van der Waals surface area (Å²) in [5.41, 5.74) is 1.25. The van der Waals surface area contributed by atoms with Gasteiger partial charge in [-0.25, -0.2) is 22.5 Å². The molecule has 11 heteroatoms. The lowest BCUT2D eigenvalue weighted by molar-refractivity contribution is 0.577. The number of hydrogen-bond donors (Lipinski definition) is 2. The van der Waals surface area contributed by atoms with E-state index in [0.717, 1.165) is 29.8 Å². The SMILES string of the molecule is Fc1ccc(F)c(SNc2ccc(F)c(-c3nc(NCc4cccnc4)sc3-c3ccncc3)c2F)c1. The third-order valence-electron chi connectivity index (χ3n) is 5.23. The van der Waals surface area contributed by atoms with E-state index in [4.69, 9.17) is 0 Å². The lowest BCUT2D eigenvalue weighted by Gasteiger charge is -2.12. The molecule has 5 rings (SSSR count). The van der Waals surface area contributed by atoms with Gasteiger partial charge in [-0.1, -0.05) is 17.4 Å². The maximum atomic E-state index is 15.7. The highest BCUT2D eigenvalue weighted by Gasteiger charge is 2.24. The van der Waals surface area contributed by atoms with E-state index in [2.05, 4.69) is 25.0 Å². The molecule has 0 aliphatic rings. The highest BCUT2D eigenvalue weighted by Crippen LogP contribution is 2.42. The largest absolute Gasteiger partial charge is 0.357 e. The van der Waals surface area contributed by atoms with Crippen LogP contribution in [0.25, 0.3) is 21.7 Å². The third-order valence-corrected chi connectivity index (χ3v) is 7.15. The molecule has 0 saturated heterocycles. The average Bonchev–Trinajstić information content (AvgIpc) is 3.34. The molecule has 186 valence electrons. The molecule has 3 aromatic heterocycles. The molecular formula is C26H17F4N5S2. The maximum absolute atomic E-state index is 15.7. The minimum absolute atomic E-state index is 0.0710. The number of aromatic nitrogens is 3. The van der Waals surface area contributed by atoms with Crippen LogP contribution in [0.1, 0.15) is 5.56 Å². The molecule has 37 heavy (non-hydrogen) atoms. The first-order valence-electron chi connectivity index (χ1n) is 10.9. The molecule has 0 bridgehead atoms. The van der Waals surface area contributed by atoms with Crippen molar-refractivity contribution in [1.82, 2.24) is 15.0 Å². The zero-order valence-corrected chi connectivity index (χ0v) is 20.5. The van der Waals surface area contributed by atoms with Crippen molar-refractivity contribution in [3.8, 4) is 21.7 Å². The van der Waals surface area contributed by atoms with Crippen LogP contribution in [0.3, 0.4) is 0 Å². The fourth-order valence-electron chi connectivity index (χ4n) is 3.46. The van der Waals surface area contributed by atoms with E-state index < -0.39 is 23.3 Å². The Morgan fingerprint density at radius 1 is 0.865 bits per heavy atom. The normalized spacial score (nSPS) is 10.9. The highest BCUT2D eigenvalue weighted by molar-refractivity contribution is 8.00. The first-order valence-corrected chi connectivity index (χ1v) is 12.5. The molecule has 0 aliphatic carbocycles. The number of nitrogens with one attached hydrogen (secondary N) is 2. The van der Waals surface area contributed by atoms with E-state index in [1.54, 1.807) is 36.9 Å². The van der Waals surface area contributed by atoms with Gasteiger partial charge in [0, 0.05) is 31.3 Å². The highest BCUT2D eigenvalue weighted by atomic mass is 32.2. The van der Waals surface area contributed by atoms with Crippen LogP contribution in [0, 0.1) is 23.3 Å². The van der Waals surface area contributed by atoms with Gasteiger partial charge < -0.3 is 10.0 Å². The van der Waals surface area contributed by atoms with Crippen LogP contribution in [0.4, 0.5) is 28.4 Å². The van der Waals surface area contributed by atoms with Gasteiger partial charge in [0.2, 0.25) is 0 Å². The summed E-state index contributed by atoms with van der Waals surface area (Å²) in [5.74, 6) is -3.04. The van der Waals surface area contributed by atoms with Gasteiger partial charge in [0.05, 0.1) is 26.7 Å². The van der Waals surface area contributed by atoms with Gasteiger partial charge in [-0.15, -0.1) is 0 Å². The van der Waals surface area contributed by atoms with Gasteiger partial charge in [-0.3, -0.25) is 9.97 Å². The standard InChI is InChI=1S/C26H17F4N5S2/c27-17-3-4-18(28)21(12-17)37-35-20-6-5-19(29)22(23(20)30)24-25(16-7-10-31-11-8-16)36-26(34-24)33-14-15-2-1-9-32-13-15/h1-13,35H,14H2,(H,33,34). The van der Waals surface area contributed by atoms with Crippen LogP contribution in [-0.2, 0) is 6.54 Å². The van der Waals surface area contributed by atoms with Crippen LogP contribution < -0.4 is 10.0 Å². The molecule has 5 aromatic rings. The van der Waals surface area contributed by atoms with Crippen LogP contribution >= 0.6 is 23.3 Å². The second-order valence-electron chi connectivity index (χ2n) is 7.71. The topological polar surface area (TPSA) is 62.7 Å². The number of anilines is 2. The predicted molar refractivity (Wildman–Crippen MR) is 138 cm³/mol. The summed E-state index contributed by atoms with van der Waals surface area (Å²) >= 11 is 1.92. The number of rotatable bonds is 8. The molecule has 2 aromatic carbocycles. The molecule has 0 saturated carbocycles. The molecule has 3 heterocycles. The molecule has 0 aliphatic heterocycles. The fourth-order valence-corrected chi connectivity index (χ4v) is 5.15. The lowest BCUT2D eigenvalue weighted by Crippen LogP contribution is -2.00. The summed E-state index contributed by atoms with van der Waals surface area (Å²) in [7, 11) is 0. The van der Waals surface area contributed by atoms with Gasteiger partial charge in [0.25, 0.3) is 0 Å². The van der Waals surface area contributed by atoms with Crippen LogP contribution in [0.2, 0.25) is 0 Å². The van der Waals surface area contributed by atoms with Crippen molar-refractivity contribution in [2.75, 3.05) is 10.0 Å². The summed E-state index contributed by atoms with van der Waals surface area (Å²) in [6.07, 6.45) is 6.53. The number of halogens is 4. The van der Waals surface area contributed by atoms with Crippen LogP contribution in [0.5, 0.6) is 0 Å². The van der Waals surface area contributed by atoms with Gasteiger partial charge in [-0.05, 0) is 71.6 Å². The molecule has 0 spiro atoms. The number of pyridine rings is 2. The number of nitrogens with zero attached hydrogens (tertiary/aromatic N) is 3. The Morgan fingerprint density at radius 2 is 1.68 bits per heavy atom. The van der Waals surface area contributed by atoms with E-state index in [9.17, 15) is 8.78 Å². The smallest absolute Gasteiger partial charge is 0.184 e. The molecule has 0 atom stereocenters. The molecule has 5 nitrogen and oxygen atoms in total. The van der Waals surface area contributed by atoms with Crippen LogP contribution in [0.15, 0.2) is 84.3 Å². The van der Waals surface area contributed by atoms with Gasteiger partial charge in [0.1, 0.15) is 17.5 Å². The van der Waals surface area contributed by atoms with E-state index in [1.807, 2.05) is 12.1 Å². The zero-order chi connectivity index (χ0) is 25.8. The quantitative estimate of drug-likeness (QED) is 0.157. The number of thiazole rings is 1. The second-order valence-corrected chi connectivity index (χ2v) is 9.56. The fraction of sp³-hybridized carbons (Fsp3) is 0.0385. The summed E-state index contributed by atoms with van der Waals surface area (Å²) < 4.78 is 61.0. The van der Waals surface area contributed by atoms with Crippen molar-refractivity contribution in [1.29, 1.82) is 0 Å². The van der Waals surface area contributed by atoms with Crippen molar-refractivity contribution in [2.45, 2.75) is 11.4 Å². The van der Waals surface area contributed by atoms with Gasteiger partial charge in [-0.2, -0.15) is 0 Å². The van der Waals surface area contributed by atoms with E-state index in [0.29, 0.717) is 34.1 Å². The Balaban J connectivity index is 1.51. The molecule has 2 N–H and O–H groups in total. The lowest BCUT2D eigenvalue weighted by atomic mass is 10.1. The monoisotopic (exact) mass is 539 g/mol. The van der Waals surface area contributed by atoms with Crippen molar-refractivity contribution in [3.05, 3.63) is 108 Å². The van der Waals surface area contributed by atoms with Gasteiger partial charge >= 0.3 is 0 Å². The Labute approximate surface area is 217 Å².